The third-order valence-electron chi connectivity index (χ3n) is 5.25. The fraction of sp³-hybridized carbons (Fsp3) is 0.867. The van der Waals surface area contributed by atoms with Crippen molar-refractivity contribution in [2.75, 3.05) is 19.6 Å². The van der Waals surface area contributed by atoms with Gasteiger partial charge in [-0.2, -0.15) is 0 Å². The Hall–Kier alpha value is -1.26. The number of nitrogens with zero attached hydrogens (tertiary/aromatic N) is 1. The number of carboxylic acids is 1. The summed E-state index contributed by atoms with van der Waals surface area (Å²) in [7, 11) is 0. The maximum absolute atomic E-state index is 12.2. The van der Waals surface area contributed by atoms with E-state index in [0.717, 1.165) is 13.0 Å². The summed E-state index contributed by atoms with van der Waals surface area (Å²) in [5.74, 6) is -1.19. The molecule has 20 heavy (non-hydrogen) atoms. The lowest BCUT2D eigenvalue weighted by Crippen LogP contribution is -2.43. The molecule has 5 heteroatoms. The molecule has 2 N–H and O–H groups in total. The molecule has 0 spiro atoms. The molecule has 0 radical (unpaired) electrons. The summed E-state index contributed by atoms with van der Waals surface area (Å²) in [6, 6.07) is -0.0969. The Kier molecular flexibility index (Phi) is 4.55. The van der Waals surface area contributed by atoms with E-state index in [0.29, 0.717) is 13.1 Å². The number of carbonyl (C=O) groups is 2. The number of carboxylic acid groups (broad SMARTS) is 1. The van der Waals surface area contributed by atoms with Crippen LogP contribution in [0.3, 0.4) is 0 Å². The number of nitrogens with one attached hydrogen (secondary N) is 1. The SMILES string of the molecule is CCC1(CNC(=O)N2CC(C)C(C(=O)O)C2)CCCC1. The lowest BCUT2D eigenvalue weighted by molar-refractivity contribution is -0.142. The van der Waals surface area contributed by atoms with Crippen molar-refractivity contribution in [3.63, 3.8) is 0 Å². The van der Waals surface area contributed by atoms with Crippen LogP contribution in [0.4, 0.5) is 4.79 Å². The fourth-order valence-corrected chi connectivity index (χ4v) is 3.61. The van der Waals surface area contributed by atoms with Gasteiger partial charge in [-0.3, -0.25) is 4.79 Å². The number of urea groups is 1. The first kappa shape index (κ1) is 15.1. The molecule has 5 nitrogen and oxygen atoms in total. The van der Waals surface area contributed by atoms with Gasteiger partial charge in [0.05, 0.1) is 5.92 Å². The van der Waals surface area contributed by atoms with Crippen molar-refractivity contribution in [1.82, 2.24) is 10.2 Å². The molecule has 114 valence electrons. The summed E-state index contributed by atoms with van der Waals surface area (Å²) in [4.78, 5) is 24.9. The Morgan fingerprint density at radius 2 is 1.95 bits per heavy atom. The van der Waals surface area contributed by atoms with Crippen LogP contribution in [0.5, 0.6) is 0 Å². The minimum Gasteiger partial charge on any atom is -0.481 e. The van der Waals surface area contributed by atoms with Gasteiger partial charge >= 0.3 is 12.0 Å². The van der Waals surface area contributed by atoms with Gasteiger partial charge in [0, 0.05) is 19.6 Å². The molecule has 0 aromatic carbocycles. The van der Waals surface area contributed by atoms with E-state index in [2.05, 4.69) is 12.2 Å². The summed E-state index contributed by atoms with van der Waals surface area (Å²) in [6.45, 7) is 5.70. The molecule has 2 rings (SSSR count). The third-order valence-corrected chi connectivity index (χ3v) is 5.25. The average molecular weight is 282 g/mol. The zero-order chi connectivity index (χ0) is 14.8. The Morgan fingerprint density at radius 1 is 1.30 bits per heavy atom. The highest BCUT2D eigenvalue weighted by molar-refractivity contribution is 5.77. The van der Waals surface area contributed by atoms with Crippen LogP contribution in [0.15, 0.2) is 0 Å². The van der Waals surface area contributed by atoms with E-state index in [-0.39, 0.29) is 17.4 Å². The van der Waals surface area contributed by atoms with Gasteiger partial charge in [0.25, 0.3) is 0 Å². The zero-order valence-corrected chi connectivity index (χ0v) is 12.5. The van der Waals surface area contributed by atoms with Crippen LogP contribution in [0.25, 0.3) is 0 Å². The molecule has 2 atom stereocenters. The molecule has 2 unspecified atom stereocenters. The van der Waals surface area contributed by atoms with Crippen molar-refractivity contribution in [1.29, 1.82) is 0 Å². The first-order chi connectivity index (χ1) is 9.47. The van der Waals surface area contributed by atoms with Gasteiger partial charge in [0.2, 0.25) is 0 Å². The van der Waals surface area contributed by atoms with E-state index in [1.54, 1.807) is 4.90 Å². The van der Waals surface area contributed by atoms with Crippen LogP contribution in [-0.2, 0) is 4.79 Å². The molecule has 1 saturated heterocycles. The summed E-state index contributed by atoms with van der Waals surface area (Å²) in [5.41, 5.74) is 0.271. The molecule has 1 heterocycles. The molecule has 2 aliphatic rings. The van der Waals surface area contributed by atoms with Gasteiger partial charge in [-0.25, -0.2) is 4.79 Å². The molecule has 1 saturated carbocycles. The number of aliphatic carboxylic acids is 1. The van der Waals surface area contributed by atoms with Crippen LogP contribution in [-0.4, -0.2) is 41.6 Å². The number of amides is 2. The maximum Gasteiger partial charge on any atom is 0.317 e. The first-order valence-electron chi connectivity index (χ1n) is 7.73. The van der Waals surface area contributed by atoms with E-state index in [1.165, 1.54) is 25.7 Å². The summed E-state index contributed by atoms with van der Waals surface area (Å²) >= 11 is 0. The molecule has 1 aliphatic carbocycles. The average Bonchev–Trinajstić information content (AvgIpc) is 3.03. The van der Waals surface area contributed by atoms with E-state index < -0.39 is 11.9 Å². The van der Waals surface area contributed by atoms with Gasteiger partial charge in [-0.15, -0.1) is 0 Å². The number of likely N-dealkylation sites (tertiary alicyclic amines) is 1. The topological polar surface area (TPSA) is 69.6 Å². The number of carbonyl (C=O) groups excluding carboxylic acids is 1. The monoisotopic (exact) mass is 282 g/mol. The van der Waals surface area contributed by atoms with Gasteiger partial charge in [0.15, 0.2) is 0 Å². The lowest BCUT2D eigenvalue weighted by atomic mass is 9.83. The van der Waals surface area contributed by atoms with E-state index in [4.69, 9.17) is 5.11 Å². The Balaban J connectivity index is 1.85. The standard InChI is InChI=1S/C15H26N2O3/c1-3-15(6-4-5-7-15)10-16-14(20)17-8-11(2)12(9-17)13(18)19/h11-12H,3-10H2,1-2H3,(H,16,20)(H,18,19). The van der Waals surface area contributed by atoms with E-state index in [1.807, 2.05) is 6.92 Å². The van der Waals surface area contributed by atoms with Crippen LogP contribution < -0.4 is 5.32 Å². The lowest BCUT2D eigenvalue weighted by Gasteiger charge is -2.29. The van der Waals surface area contributed by atoms with Crippen LogP contribution >= 0.6 is 0 Å². The summed E-state index contributed by atoms with van der Waals surface area (Å²) < 4.78 is 0. The van der Waals surface area contributed by atoms with Gasteiger partial charge in [-0.05, 0) is 30.6 Å². The first-order valence-corrected chi connectivity index (χ1v) is 7.73. The fourth-order valence-electron chi connectivity index (χ4n) is 3.61. The molecule has 0 bridgehead atoms. The second-order valence-electron chi connectivity index (χ2n) is 6.55. The number of hydrogen-bond acceptors (Lipinski definition) is 2. The van der Waals surface area contributed by atoms with Crippen LogP contribution in [0.1, 0.15) is 46.0 Å². The summed E-state index contributed by atoms with van der Waals surface area (Å²) in [6.07, 6.45) is 5.99. The second-order valence-corrected chi connectivity index (χ2v) is 6.55. The second kappa shape index (κ2) is 6.02. The minimum absolute atomic E-state index is 0.0323. The normalized spacial score (nSPS) is 28.6. The highest BCUT2D eigenvalue weighted by Crippen LogP contribution is 2.40. The van der Waals surface area contributed by atoms with Crippen molar-refractivity contribution in [2.45, 2.75) is 46.0 Å². The van der Waals surface area contributed by atoms with Gasteiger partial charge in [0.1, 0.15) is 0 Å². The van der Waals surface area contributed by atoms with Crippen LogP contribution in [0.2, 0.25) is 0 Å². The van der Waals surface area contributed by atoms with Crippen molar-refractivity contribution in [3.8, 4) is 0 Å². The van der Waals surface area contributed by atoms with Crippen molar-refractivity contribution >= 4 is 12.0 Å². The molecular formula is C15H26N2O3. The molecule has 2 amide bonds. The van der Waals surface area contributed by atoms with Crippen molar-refractivity contribution in [2.24, 2.45) is 17.3 Å². The quantitative estimate of drug-likeness (QED) is 0.831. The van der Waals surface area contributed by atoms with E-state index in [9.17, 15) is 9.59 Å². The largest absolute Gasteiger partial charge is 0.481 e. The maximum atomic E-state index is 12.2. The minimum atomic E-state index is -0.798. The Labute approximate surface area is 120 Å². The van der Waals surface area contributed by atoms with Crippen LogP contribution in [0, 0.1) is 17.3 Å². The van der Waals surface area contributed by atoms with Crippen molar-refractivity contribution in [3.05, 3.63) is 0 Å². The molecular weight excluding hydrogens is 256 g/mol. The zero-order valence-electron chi connectivity index (χ0n) is 12.5. The predicted octanol–water partition coefficient (Wildman–Crippen LogP) is 2.32. The smallest absolute Gasteiger partial charge is 0.317 e. The van der Waals surface area contributed by atoms with Gasteiger partial charge in [-0.1, -0.05) is 26.7 Å². The predicted molar refractivity (Wildman–Crippen MR) is 76.5 cm³/mol. The molecule has 2 fully saturated rings. The highest BCUT2D eigenvalue weighted by Gasteiger charge is 2.38. The highest BCUT2D eigenvalue weighted by atomic mass is 16.4. The molecule has 0 aromatic rings. The Morgan fingerprint density at radius 3 is 2.45 bits per heavy atom. The Bertz CT molecular complexity index is 377. The summed E-state index contributed by atoms with van der Waals surface area (Å²) in [5, 5.41) is 12.1. The number of rotatable bonds is 4. The third kappa shape index (κ3) is 3.07. The molecule has 1 aliphatic heterocycles. The number of hydrogen-bond donors (Lipinski definition) is 2. The van der Waals surface area contributed by atoms with E-state index >= 15 is 0 Å². The van der Waals surface area contributed by atoms with Gasteiger partial charge < -0.3 is 15.3 Å². The van der Waals surface area contributed by atoms with Crippen molar-refractivity contribution < 1.29 is 14.7 Å². The molecule has 0 aromatic heterocycles.